The summed E-state index contributed by atoms with van der Waals surface area (Å²) in [5.74, 6) is -3.21. The van der Waals surface area contributed by atoms with Crippen molar-refractivity contribution in [2.24, 2.45) is 0 Å². The molecule has 3 N–H and O–H groups in total. The number of anilines is 1. The second-order valence-corrected chi connectivity index (χ2v) is 2.73. The van der Waals surface area contributed by atoms with E-state index in [4.69, 9.17) is 10.8 Å². The Morgan fingerprint density at radius 3 is 2.20 bits per heavy atom. The molecule has 7 heteroatoms. The zero-order valence-corrected chi connectivity index (χ0v) is 7.10. The van der Waals surface area contributed by atoms with E-state index in [2.05, 4.69) is 0 Å². The zero-order chi connectivity index (χ0) is 11.8. The minimum Gasteiger partial charge on any atom is -0.478 e. The van der Waals surface area contributed by atoms with E-state index in [1.165, 1.54) is 0 Å². The van der Waals surface area contributed by atoms with Crippen LogP contribution in [-0.2, 0) is 6.18 Å². The fourth-order valence-electron chi connectivity index (χ4n) is 1.02. The first-order valence-corrected chi connectivity index (χ1v) is 3.63. The molecule has 15 heavy (non-hydrogen) atoms. The molecule has 0 saturated carbocycles. The number of benzene rings is 1. The molecule has 0 unspecified atom stereocenters. The lowest BCUT2D eigenvalue weighted by Crippen LogP contribution is -2.11. The van der Waals surface area contributed by atoms with Gasteiger partial charge in [-0.05, 0) is 12.1 Å². The standard InChI is InChI=1S/C8H5F4NO2/c9-4-1-3(8(10,11)12)2-5(13)6(4)7(14)15/h1-2H,13H2,(H,14,15). The summed E-state index contributed by atoms with van der Waals surface area (Å²) in [6.07, 6.45) is -4.76. The van der Waals surface area contributed by atoms with Gasteiger partial charge in [0.2, 0.25) is 0 Å². The van der Waals surface area contributed by atoms with Crippen molar-refractivity contribution < 1.29 is 27.5 Å². The molecular weight excluding hydrogens is 218 g/mol. The number of rotatable bonds is 1. The average Bonchev–Trinajstić information content (AvgIpc) is 1.99. The first-order chi connectivity index (χ1) is 6.73. The number of carboxylic acids is 1. The van der Waals surface area contributed by atoms with Crippen molar-refractivity contribution in [1.29, 1.82) is 0 Å². The molecule has 1 rings (SSSR count). The van der Waals surface area contributed by atoms with Gasteiger partial charge in [-0.15, -0.1) is 0 Å². The van der Waals surface area contributed by atoms with E-state index >= 15 is 0 Å². The topological polar surface area (TPSA) is 63.3 Å². The molecule has 0 atom stereocenters. The van der Waals surface area contributed by atoms with Gasteiger partial charge in [-0.2, -0.15) is 13.2 Å². The van der Waals surface area contributed by atoms with E-state index < -0.39 is 34.8 Å². The molecule has 0 aliphatic carbocycles. The predicted octanol–water partition coefficient (Wildman–Crippen LogP) is 2.12. The summed E-state index contributed by atoms with van der Waals surface area (Å²) >= 11 is 0. The average molecular weight is 223 g/mol. The van der Waals surface area contributed by atoms with Crippen LogP contribution in [0.3, 0.4) is 0 Å². The van der Waals surface area contributed by atoms with Crippen LogP contribution in [0.5, 0.6) is 0 Å². The maximum Gasteiger partial charge on any atom is 0.416 e. The van der Waals surface area contributed by atoms with Gasteiger partial charge >= 0.3 is 12.1 Å². The molecule has 3 nitrogen and oxygen atoms in total. The number of halogens is 4. The fourth-order valence-corrected chi connectivity index (χ4v) is 1.02. The minimum atomic E-state index is -4.76. The number of carbonyl (C=O) groups is 1. The quantitative estimate of drug-likeness (QED) is 0.566. The van der Waals surface area contributed by atoms with Crippen molar-refractivity contribution in [3.8, 4) is 0 Å². The van der Waals surface area contributed by atoms with Crippen LogP contribution in [-0.4, -0.2) is 11.1 Å². The number of aromatic carboxylic acids is 1. The van der Waals surface area contributed by atoms with Crippen molar-refractivity contribution in [2.45, 2.75) is 6.18 Å². The third-order valence-electron chi connectivity index (χ3n) is 1.66. The Labute approximate surface area is 81.1 Å². The lowest BCUT2D eigenvalue weighted by molar-refractivity contribution is -0.137. The molecule has 1 aromatic rings. The maximum absolute atomic E-state index is 12.9. The second kappa shape index (κ2) is 3.41. The van der Waals surface area contributed by atoms with Crippen LogP contribution < -0.4 is 5.73 Å². The van der Waals surface area contributed by atoms with Crippen LogP contribution in [0.1, 0.15) is 15.9 Å². The highest BCUT2D eigenvalue weighted by Gasteiger charge is 2.32. The summed E-state index contributed by atoms with van der Waals surface area (Å²) in [5, 5.41) is 8.44. The van der Waals surface area contributed by atoms with E-state index in [1.54, 1.807) is 0 Å². The third-order valence-corrected chi connectivity index (χ3v) is 1.66. The molecule has 0 saturated heterocycles. The first-order valence-electron chi connectivity index (χ1n) is 3.63. The van der Waals surface area contributed by atoms with Crippen molar-refractivity contribution in [3.05, 3.63) is 29.1 Å². The molecule has 1 aromatic carbocycles. The normalized spacial score (nSPS) is 11.5. The number of alkyl halides is 3. The van der Waals surface area contributed by atoms with E-state index in [-0.39, 0.29) is 6.07 Å². The van der Waals surface area contributed by atoms with Crippen LogP contribution in [0.2, 0.25) is 0 Å². The van der Waals surface area contributed by atoms with Gasteiger partial charge in [0.25, 0.3) is 0 Å². The number of carboxylic acid groups (broad SMARTS) is 1. The van der Waals surface area contributed by atoms with Crippen molar-refractivity contribution in [1.82, 2.24) is 0 Å². The molecule has 0 bridgehead atoms. The van der Waals surface area contributed by atoms with Crippen LogP contribution >= 0.6 is 0 Å². The Hall–Kier alpha value is -1.79. The summed E-state index contributed by atoms with van der Waals surface area (Å²) in [6, 6.07) is 0.479. The highest BCUT2D eigenvalue weighted by molar-refractivity contribution is 5.94. The van der Waals surface area contributed by atoms with Gasteiger partial charge in [0, 0.05) is 5.69 Å². The lowest BCUT2D eigenvalue weighted by atomic mass is 10.1. The third kappa shape index (κ3) is 2.17. The Kier molecular flexibility index (Phi) is 2.57. The van der Waals surface area contributed by atoms with E-state index in [0.717, 1.165) is 0 Å². The van der Waals surface area contributed by atoms with Crippen LogP contribution in [0.15, 0.2) is 12.1 Å². The molecule has 0 radical (unpaired) electrons. The SMILES string of the molecule is Nc1cc(C(F)(F)F)cc(F)c1C(=O)O. The Morgan fingerprint density at radius 1 is 1.33 bits per heavy atom. The van der Waals surface area contributed by atoms with Gasteiger partial charge in [0.05, 0.1) is 5.56 Å². The Balaban J connectivity index is 3.39. The first kappa shape index (κ1) is 11.3. The van der Waals surface area contributed by atoms with Gasteiger partial charge in [-0.3, -0.25) is 0 Å². The van der Waals surface area contributed by atoms with Crippen LogP contribution in [0.4, 0.5) is 23.2 Å². The molecule has 0 spiro atoms. The van der Waals surface area contributed by atoms with Gasteiger partial charge in [-0.25, -0.2) is 9.18 Å². The number of nitrogen functional groups attached to an aromatic ring is 1. The zero-order valence-electron chi connectivity index (χ0n) is 7.10. The van der Waals surface area contributed by atoms with Crippen molar-refractivity contribution in [3.63, 3.8) is 0 Å². The number of hydrogen-bond donors (Lipinski definition) is 2. The Bertz CT molecular complexity index is 391. The molecule has 0 heterocycles. The second-order valence-electron chi connectivity index (χ2n) is 2.73. The highest BCUT2D eigenvalue weighted by Crippen LogP contribution is 2.32. The van der Waals surface area contributed by atoms with E-state index in [9.17, 15) is 22.4 Å². The summed E-state index contributed by atoms with van der Waals surface area (Å²) in [6.45, 7) is 0. The van der Waals surface area contributed by atoms with E-state index in [0.29, 0.717) is 6.07 Å². The molecule has 0 aromatic heterocycles. The Morgan fingerprint density at radius 2 is 1.87 bits per heavy atom. The lowest BCUT2D eigenvalue weighted by Gasteiger charge is -2.09. The van der Waals surface area contributed by atoms with Gasteiger partial charge in [0.1, 0.15) is 11.4 Å². The molecular formula is C8H5F4NO2. The number of hydrogen-bond acceptors (Lipinski definition) is 2. The predicted molar refractivity (Wildman–Crippen MR) is 42.8 cm³/mol. The van der Waals surface area contributed by atoms with Gasteiger partial charge in [0.15, 0.2) is 0 Å². The largest absolute Gasteiger partial charge is 0.478 e. The molecule has 82 valence electrons. The van der Waals surface area contributed by atoms with Crippen LogP contribution in [0.25, 0.3) is 0 Å². The monoisotopic (exact) mass is 223 g/mol. The molecule has 0 fully saturated rings. The van der Waals surface area contributed by atoms with Crippen molar-refractivity contribution >= 4 is 11.7 Å². The smallest absolute Gasteiger partial charge is 0.416 e. The fraction of sp³-hybridized carbons (Fsp3) is 0.125. The molecule has 0 aliphatic heterocycles. The summed E-state index contributed by atoms with van der Waals surface area (Å²) in [7, 11) is 0. The van der Waals surface area contributed by atoms with Gasteiger partial charge in [-0.1, -0.05) is 0 Å². The highest BCUT2D eigenvalue weighted by atomic mass is 19.4. The summed E-state index contributed by atoms with van der Waals surface area (Å²) < 4.78 is 49.3. The van der Waals surface area contributed by atoms with Crippen molar-refractivity contribution in [2.75, 3.05) is 5.73 Å². The maximum atomic E-state index is 12.9. The van der Waals surface area contributed by atoms with Gasteiger partial charge < -0.3 is 10.8 Å². The summed E-state index contributed by atoms with van der Waals surface area (Å²) in [5.41, 5.74) is 1.97. The molecule has 0 aliphatic rings. The summed E-state index contributed by atoms with van der Waals surface area (Å²) in [4.78, 5) is 10.4. The number of nitrogens with two attached hydrogens (primary N) is 1. The van der Waals surface area contributed by atoms with E-state index in [1.807, 2.05) is 0 Å². The minimum absolute atomic E-state index is 0.0970. The molecule has 0 amide bonds. The van der Waals surface area contributed by atoms with Crippen LogP contribution in [0, 0.1) is 5.82 Å².